The van der Waals surface area contributed by atoms with Gasteiger partial charge in [0.15, 0.2) is 0 Å². The molecule has 6 rings (SSSR count). The van der Waals surface area contributed by atoms with Crippen molar-refractivity contribution in [2.75, 3.05) is 20.1 Å². The summed E-state index contributed by atoms with van der Waals surface area (Å²) in [5, 5.41) is 10.4. The summed E-state index contributed by atoms with van der Waals surface area (Å²) in [4.78, 5) is 19.4. The molecule has 3 N–H and O–H groups in total. The molecule has 0 spiro atoms. The van der Waals surface area contributed by atoms with Crippen molar-refractivity contribution in [2.24, 2.45) is 12.8 Å². The van der Waals surface area contributed by atoms with Gasteiger partial charge < -0.3 is 20.3 Å². The number of carboxylic acid groups (broad SMARTS) is 1. The minimum Gasteiger partial charge on any atom is -0.478 e. The molecule has 0 radical (unpaired) electrons. The summed E-state index contributed by atoms with van der Waals surface area (Å²) in [6.07, 6.45) is 5.06. The van der Waals surface area contributed by atoms with Gasteiger partial charge in [0.05, 0.1) is 22.4 Å². The minimum atomic E-state index is -0.886. The van der Waals surface area contributed by atoms with Crippen LogP contribution in [0.2, 0.25) is 0 Å². The lowest BCUT2D eigenvalue weighted by molar-refractivity contribution is 0.0518. The van der Waals surface area contributed by atoms with E-state index in [1.54, 1.807) is 6.07 Å². The van der Waals surface area contributed by atoms with E-state index in [2.05, 4.69) is 21.5 Å². The number of aryl methyl sites for hydroxylation is 1. The van der Waals surface area contributed by atoms with Crippen LogP contribution in [0.25, 0.3) is 22.5 Å². The number of aromatic carboxylic acids is 1. The van der Waals surface area contributed by atoms with Crippen LogP contribution in [0.1, 0.15) is 40.0 Å². The van der Waals surface area contributed by atoms with Gasteiger partial charge in [0.25, 0.3) is 0 Å². The van der Waals surface area contributed by atoms with Crippen molar-refractivity contribution in [2.45, 2.75) is 36.6 Å². The SMILES string of the molecule is CN1CC(c2c(C(=O)O)c3c(n2C)-c2cc(-c4cccc(F)c4)ncc2CC3)(C2(N)CC2)C1. The second kappa shape index (κ2) is 6.74. The zero-order valence-corrected chi connectivity index (χ0v) is 18.9. The van der Waals surface area contributed by atoms with Gasteiger partial charge in [-0.1, -0.05) is 12.1 Å². The van der Waals surface area contributed by atoms with E-state index in [0.29, 0.717) is 23.2 Å². The predicted octanol–water partition coefficient (Wildman–Crippen LogP) is 3.36. The van der Waals surface area contributed by atoms with Crippen LogP contribution in [0.3, 0.4) is 0 Å². The highest BCUT2D eigenvalue weighted by Crippen LogP contribution is 2.56. The number of hydrogen-bond acceptors (Lipinski definition) is 4. The molecule has 0 unspecified atom stereocenters. The van der Waals surface area contributed by atoms with Gasteiger partial charge in [-0.3, -0.25) is 4.98 Å². The molecule has 6 nitrogen and oxygen atoms in total. The molecule has 3 aromatic rings. The number of hydrogen-bond donors (Lipinski definition) is 2. The molecular formula is C26H27FN4O2. The zero-order chi connectivity index (χ0) is 23.1. The number of likely N-dealkylation sites (tertiary alicyclic amines) is 1. The molecule has 33 heavy (non-hydrogen) atoms. The normalized spacial score (nSPS) is 20.0. The molecule has 0 atom stereocenters. The predicted molar refractivity (Wildman–Crippen MR) is 124 cm³/mol. The molecule has 170 valence electrons. The Morgan fingerprint density at radius 1 is 1.18 bits per heavy atom. The van der Waals surface area contributed by atoms with Crippen molar-refractivity contribution in [3.05, 3.63) is 64.7 Å². The van der Waals surface area contributed by atoms with Crippen LogP contribution in [0.5, 0.6) is 0 Å². The molecule has 7 heteroatoms. The van der Waals surface area contributed by atoms with E-state index in [0.717, 1.165) is 60.4 Å². The van der Waals surface area contributed by atoms with E-state index in [-0.39, 0.29) is 16.8 Å². The number of aromatic nitrogens is 2. The third-order valence-corrected chi connectivity index (χ3v) is 7.99. The largest absolute Gasteiger partial charge is 0.478 e. The Balaban J connectivity index is 1.58. The summed E-state index contributed by atoms with van der Waals surface area (Å²) in [6, 6.07) is 8.38. The van der Waals surface area contributed by atoms with Gasteiger partial charge in [-0.15, -0.1) is 0 Å². The molecule has 1 aliphatic heterocycles. The Bertz CT molecular complexity index is 1320. The van der Waals surface area contributed by atoms with Gasteiger partial charge in [0.2, 0.25) is 0 Å². The highest BCUT2D eigenvalue weighted by molar-refractivity contribution is 5.96. The summed E-state index contributed by atoms with van der Waals surface area (Å²) in [5.41, 5.74) is 12.6. The van der Waals surface area contributed by atoms with Gasteiger partial charge in [0.1, 0.15) is 5.82 Å². The van der Waals surface area contributed by atoms with Gasteiger partial charge in [-0.2, -0.15) is 0 Å². The molecule has 2 aromatic heterocycles. The van der Waals surface area contributed by atoms with Crippen molar-refractivity contribution >= 4 is 5.97 Å². The first kappa shape index (κ1) is 20.6. The second-order valence-electron chi connectivity index (χ2n) is 10.1. The molecule has 2 fully saturated rings. The van der Waals surface area contributed by atoms with Crippen molar-refractivity contribution in [3.63, 3.8) is 0 Å². The average molecular weight is 447 g/mol. The quantitative estimate of drug-likeness (QED) is 0.642. The monoisotopic (exact) mass is 446 g/mol. The maximum atomic E-state index is 13.9. The number of nitrogens with zero attached hydrogens (tertiary/aromatic N) is 3. The Morgan fingerprint density at radius 3 is 2.58 bits per heavy atom. The molecule has 3 aliphatic rings. The molecule has 0 amide bonds. The van der Waals surface area contributed by atoms with E-state index < -0.39 is 5.97 Å². The van der Waals surface area contributed by atoms with Crippen molar-refractivity contribution in [1.82, 2.24) is 14.5 Å². The fraction of sp³-hybridized carbons (Fsp3) is 0.385. The number of halogens is 1. The Kier molecular flexibility index (Phi) is 4.20. The maximum absolute atomic E-state index is 13.9. The van der Waals surface area contributed by atoms with Crippen molar-refractivity contribution < 1.29 is 14.3 Å². The fourth-order valence-corrected chi connectivity index (χ4v) is 6.28. The van der Waals surface area contributed by atoms with E-state index >= 15 is 0 Å². The average Bonchev–Trinajstić information content (AvgIpc) is 3.44. The number of carboxylic acids is 1. The number of fused-ring (bicyclic) bond motifs is 3. The number of nitrogens with two attached hydrogens (primary N) is 1. The first-order chi connectivity index (χ1) is 15.7. The second-order valence-corrected chi connectivity index (χ2v) is 10.1. The van der Waals surface area contributed by atoms with Gasteiger partial charge in [0, 0.05) is 48.7 Å². The number of carbonyl (C=O) groups is 1. The highest BCUT2D eigenvalue weighted by atomic mass is 19.1. The Hall–Kier alpha value is -3.03. The molecule has 2 aliphatic carbocycles. The van der Waals surface area contributed by atoms with Gasteiger partial charge in [-0.25, -0.2) is 9.18 Å². The topological polar surface area (TPSA) is 84.4 Å². The zero-order valence-electron chi connectivity index (χ0n) is 18.9. The number of rotatable bonds is 4. The van der Waals surface area contributed by atoms with Gasteiger partial charge in [-0.05, 0) is 62.1 Å². The van der Waals surface area contributed by atoms with Crippen molar-refractivity contribution in [1.29, 1.82) is 0 Å². The number of likely N-dealkylation sites (N-methyl/N-ethyl adjacent to an activating group) is 1. The van der Waals surface area contributed by atoms with E-state index in [1.165, 1.54) is 12.1 Å². The minimum absolute atomic E-state index is 0.309. The fourth-order valence-electron chi connectivity index (χ4n) is 6.28. The summed E-state index contributed by atoms with van der Waals surface area (Å²) >= 11 is 0. The Morgan fingerprint density at radius 2 is 1.94 bits per heavy atom. The lowest BCUT2D eigenvalue weighted by atomic mass is 9.67. The van der Waals surface area contributed by atoms with Crippen LogP contribution in [0.15, 0.2) is 36.5 Å². The summed E-state index contributed by atoms with van der Waals surface area (Å²) < 4.78 is 15.9. The number of benzene rings is 1. The van der Waals surface area contributed by atoms with E-state index in [4.69, 9.17) is 5.73 Å². The van der Waals surface area contributed by atoms with Crippen LogP contribution < -0.4 is 5.73 Å². The molecule has 1 saturated carbocycles. The summed E-state index contributed by atoms with van der Waals surface area (Å²) in [6.45, 7) is 1.52. The third kappa shape index (κ3) is 2.79. The number of pyridine rings is 1. The Labute approximate surface area is 191 Å². The molecule has 1 saturated heterocycles. The first-order valence-electron chi connectivity index (χ1n) is 11.4. The van der Waals surface area contributed by atoms with E-state index in [9.17, 15) is 14.3 Å². The molecule has 3 heterocycles. The smallest absolute Gasteiger partial charge is 0.337 e. The standard InChI is InChI=1S/C26H27FN4O2/c1-30-13-25(14-30,26(28)8-9-26)23-21(24(32)33)18-7-6-16-12-29-20(11-19(16)22(18)31(23)2)15-4-3-5-17(27)10-15/h3-5,10-12H,6-9,13-14,28H2,1-2H3,(H,32,33). The maximum Gasteiger partial charge on any atom is 0.337 e. The lowest BCUT2D eigenvalue weighted by Gasteiger charge is -2.53. The summed E-state index contributed by atoms with van der Waals surface area (Å²) in [7, 11) is 4.03. The summed E-state index contributed by atoms with van der Waals surface area (Å²) in [5.74, 6) is -1.20. The molecular weight excluding hydrogens is 419 g/mol. The van der Waals surface area contributed by atoms with Crippen LogP contribution in [0, 0.1) is 5.82 Å². The van der Waals surface area contributed by atoms with Crippen LogP contribution >= 0.6 is 0 Å². The van der Waals surface area contributed by atoms with Crippen LogP contribution in [0.4, 0.5) is 4.39 Å². The van der Waals surface area contributed by atoms with Crippen LogP contribution in [-0.2, 0) is 25.3 Å². The molecule has 1 aromatic carbocycles. The van der Waals surface area contributed by atoms with Crippen LogP contribution in [-0.4, -0.2) is 51.2 Å². The first-order valence-corrected chi connectivity index (χ1v) is 11.4. The molecule has 0 bridgehead atoms. The van der Waals surface area contributed by atoms with E-state index in [1.807, 2.05) is 25.4 Å². The van der Waals surface area contributed by atoms with Crippen molar-refractivity contribution in [3.8, 4) is 22.5 Å². The highest BCUT2D eigenvalue weighted by Gasteiger charge is 2.64. The third-order valence-electron chi connectivity index (χ3n) is 7.99. The lowest BCUT2D eigenvalue weighted by Crippen LogP contribution is -2.68. The van der Waals surface area contributed by atoms with Gasteiger partial charge >= 0.3 is 5.97 Å².